The number of benzene rings is 1. The van der Waals surface area contributed by atoms with Gasteiger partial charge in [0, 0.05) is 7.11 Å². The Morgan fingerprint density at radius 3 is 1.94 bits per heavy atom. The van der Waals surface area contributed by atoms with Crippen LogP contribution in [0.4, 0.5) is 5.69 Å². The Labute approximate surface area is 109 Å². The van der Waals surface area contributed by atoms with Crippen molar-refractivity contribution in [3.8, 4) is 0 Å². The maximum absolute atomic E-state index is 6.00. The van der Waals surface area contributed by atoms with E-state index in [2.05, 4.69) is 4.74 Å². The molecule has 0 aromatic heterocycles. The van der Waals surface area contributed by atoms with E-state index >= 15 is 0 Å². The molecule has 0 amide bonds. The molecule has 1 aromatic rings. The SMILES string of the molecule is COP1(=Nc2ccccc2)OC(C)(C)C(C)(C)O1. The average molecular weight is 269 g/mol. The first-order chi connectivity index (χ1) is 8.30. The summed E-state index contributed by atoms with van der Waals surface area (Å²) in [5.74, 6) is 0. The summed E-state index contributed by atoms with van der Waals surface area (Å²) in [6.07, 6.45) is 0. The van der Waals surface area contributed by atoms with E-state index in [-0.39, 0.29) is 0 Å². The van der Waals surface area contributed by atoms with Gasteiger partial charge in [0.1, 0.15) is 11.2 Å². The molecule has 0 radical (unpaired) electrons. The number of rotatable bonds is 2. The molecule has 1 aromatic carbocycles. The average Bonchev–Trinajstić information content (AvgIpc) is 2.46. The quantitative estimate of drug-likeness (QED) is 0.741. The highest BCUT2D eigenvalue weighted by molar-refractivity contribution is 7.51. The fourth-order valence-corrected chi connectivity index (χ4v) is 3.97. The van der Waals surface area contributed by atoms with Gasteiger partial charge in [0.05, 0.1) is 5.69 Å². The van der Waals surface area contributed by atoms with Gasteiger partial charge in [-0.1, -0.05) is 18.2 Å². The molecule has 0 atom stereocenters. The number of hydrogen-bond donors (Lipinski definition) is 0. The van der Waals surface area contributed by atoms with Crippen LogP contribution in [-0.2, 0) is 13.6 Å². The van der Waals surface area contributed by atoms with Gasteiger partial charge >= 0.3 is 7.74 Å². The molecule has 1 aliphatic heterocycles. The molecule has 100 valence electrons. The van der Waals surface area contributed by atoms with Crippen molar-refractivity contribution >= 4 is 13.4 Å². The van der Waals surface area contributed by atoms with E-state index in [1.165, 1.54) is 0 Å². The largest absolute Gasteiger partial charge is 0.361 e. The summed E-state index contributed by atoms with van der Waals surface area (Å²) < 4.78 is 22.0. The molecular weight excluding hydrogens is 249 g/mol. The monoisotopic (exact) mass is 269 g/mol. The minimum Gasteiger partial charge on any atom is -0.306 e. The van der Waals surface area contributed by atoms with Crippen LogP contribution in [0.3, 0.4) is 0 Å². The van der Waals surface area contributed by atoms with Gasteiger partial charge in [0.2, 0.25) is 0 Å². The van der Waals surface area contributed by atoms with E-state index in [4.69, 9.17) is 13.6 Å². The molecular formula is C13H20NO3P. The second-order valence-electron chi connectivity index (χ2n) is 5.29. The van der Waals surface area contributed by atoms with Crippen molar-refractivity contribution in [3.63, 3.8) is 0 Å². The van der Waals surface area contributed by atoms with E-state index < -0.39 is 18.9 Å². The van der Waals surface area contributed by atoms with Gasteiger partial charge < -0.3 is 4.52 Å². The second-order valence-corrected chi connectivity index (χ2v) is 7.16. The fourth-order valence-electron chi connectivity index (χ4n) is 1.61. The maximum Gasteiger partial charge on any atom is 0.361 e. The molecule has 0 N–H and O–H groups in total. The van der Waals surface area contributed by atoms with Crippen molar-refractivity contribution in [2.75, 3.05) is 7.11 Å². The van der Waals surface area contributed by atoms with Crippen LogP contribution in [0.2, 0.25) is 0 Å². The summed E-state index contributed by atoms with van der Waals surface area (Å²) in [4.78, 5) is 0. The Bertz CT molecular complexity index is 462. The van der Waals surface area contributed by atoms with Crippen LogP contribution in [0.15, 0.2) is 35.1 Å². The van der Waals surface area contributed by atoms with E-state index in [1.807, 2.05) is 58.0 Å². The van der Waals surface area contributed by atoms with Crippen molar-refractivity contribution in [1.82, 2.24) is 0 Å². The molecule has 1 fully saturated rings. The lowest BCUT2D eigenvalue weighted by Gasteiger charge is -2.29. The molecule has 5 heteroatoms. The zero-order chi connectivity index (χ0) is 13.4. The Morgan fingerprint density at radius 1 is 1.00 bits per heavy atom. The third-order valence-electron chi connectivity index (χ3n) is 3.36. The van der Waals surface area contributed by atoms with Crippen LogP contribution in [0.1, 0.15) is 27.7 Å². The van der Waals surface area contributed by atoms with Gasteiger partial charge in [0.25, 0.3) is 0 Å². The summed E-state index contributed by atoms with van der Waals surface area (Å²) in [7, 11) is -1.09. The van der Waals surface area contributed by atoms with Crippen molar-refractivity contribution in [2.24, 2.45) is 4.74 Å². The lowest BCUT2D eigenvalue weighted by atomic mass is 9.90. The zero-order valence-electron chi connectivity index (χ0n) is 11.5. The fraction of sp³-hybridized carbons (Fsp3) is 0.538. The van der Waals surface area contributed by atoms with E-state index in [1.54, 1.807) is 7.11 Å². The first kappa shape index (κ1) is 13.8. The summed E-state index contributed by atoms with van der Waals surface area (Å²) in [5, 5.41) is 0. The molecule has 0 saturated carbocycles. The van der Waals surface area contributed by atoms with Crippen molar-refractivity contribution < 1.29 is 13.6 Å². The summed E-state index contributed by atoms with van der Waals surface area (Å²) in [6.45, 7) is 7.98. The molecule has 1 aliphatic rings. The zero-order valence-corrected chi connectivity index (χ0v) is 12.4. The van der Waals surface area contributed by atoms with Gasteiger partial charge in [0.15, 0.2) is 0 Å². The Kier molecular flexibility index (Phi) is 3.41. The summed E-state index contributed by atoms with van der Waals surface area (Å²) >= 11 is 0. The Hall–Kier alpha value is -0.670. The number of hydrogen-bond acceptors (Lipinski definition) is 4. The van der Waals surface area contributed by atoms with Gasteiger partial charge in [-0.25, -0.2) is 0 Å². The Balaban J connectivity index is 2.44. The third kappa shape index (κ3) is 2.39. The van der Waals surface area contributed by atoms with Crippen LogP contribution in [0.5, 0.6) is 0 Å². The molecule has 2 rings (SSSR count). The van der Waals surface area contributed by atoms with Crippen LogP contribution in [0, 0.1) is 0 Å². The van der Waals surface area contributed by atoms with Crippen LogP contribution in [-0.4, -0.2) is 18.3 Å². The molecule has 0 spiro atoms. The molecule has 1 heterocycles. The highest BCUT2D eigenvalue weighted by Crippen LogP contribution is 2.67. The van der Waals surface area contributed by atoms with E-state index in [9.17, 15) is 0 Å². The lowest BCUT2D eigenvalue weighted by Crippen LogP contribution is -2.41. The Morgan fingerprint density at radius 2 is 1.50 bits per heavy atom. The topological polar surface area (TPSA) is 40.0 Å². The molecule has 18 heavy (non-hydrogen) atoms. The van der Waals surface area contributed by atoms with Crippen LogP contribution < -0.4 is 0 Å². The minimum absolute atomic E-state index is 0.435. The molecule has 4 nitrogen and oxygen atoms in total. The highest BCUT2D eigenvalue weighted by atomic mass is 31.2. The second kappa shape index (κ2) is 4.46. The summed E-state index contributed by atoms with van der Waals surface area (Å²) in [6, 6.07) is 9.62. The highest BCUT2D eigenvalue weighted by Gasteiger charge is 2.54. The lowest BCUT2D eigenvalue weighted by molar-refractivity contribution is 0.00578. The van der Waals surface area contributed by atoms with E-state index in [0.717, 1.165) is 5.69 Å². The summed E-state index contributed by atoms with van der Waals surface area (Å²) in [5.41, 5.74) is -0.0642. The normalized spacial score (nSPS) is 23.8. The van der Waals surface area contributed by atoms with Crippen molar-refractivity contribution in [2.45, 2.75) is 38.9 Å². The molecule has 0 bridgehead atoms. The smallest absolute Gasteiger partial charge is 0.306 e. The van der Waals surface area contributed by atoms with Crippen LogP contribution in [0.25, 0.3) is 0 Å². The first-order valence-electron chi connectivity index (χ1n) is 5.95. The third-order valence-corrected chi connectivity index (χ3v) is 5.67. The van der Waals surface area contributed by atoms with Gasteiger partial charge in [-0.15, -0.1) is 0 Å². The minimum atomic E-state index is -2.67. The van der Waals surface area contributed by atoms with Crippen LogP contribution >= 0.6 is 7.74 Å². The maximum atomic E-state index is 6.00. The van der Waals surface area contributed by atoms with Gasteiger partial charge in [-0.05, 0) is 39.8 Å². The standard InChI is InChI=1S/C13H20NO3P/c1-12(2)13(3,4)17-18(15-5,16-12)14-11-9-7-6-8-10-11/h6-10H,1-5H3. The van der Waals surface area contributed by atoms with Gasteiger partial charge in [-0.3, -0.25) is 9.05 Å². The number of nitrogens with zero attached hydrogens (tertiary/aromatic N) is 1. The predicted molar refractivity (Wildman–Crippen MR) is 72.8 cm³/mol. The van der Waals surface area contributed by atoms with Crippen molar-refractivity contribution in [1.29, 1.82) is 0 Å². The molecule has 0 aliphatic carbocycles. The first-order valence-corrected chi connectivity index (χ1v) is 7.44. The van der Waals surface area contributed by atoms with E-state index in [0.29, 0.717) is 0 Å². The predicted octanol–water partition coefficient (Wildman–Crippen LogP) is 4.51. The van der Waals surface area contributed by atoms with Crippen molar-refractivity contribution in [3.05, 3.63) is 30.3 Å². The van der Waals surface area contributed by atoms with Gasteiger partial charge in [-0.2, -0.15) is 4.74 Å². The molecule has 1 saturated heterocycles. The molecule has 0 unspecified atom stereocenters.